The molecule has 102 valence electrons. The Kier molecular flexibility index (Phi) is 3.05. The van der Waals surface area contributed by atoms with Gasteiger partial charge >= 0.3 is 0 Å². The van der Waals surface area contributed by atoms with Gasteiger partial charge in [-0.05, 0) is 37.1 Å². The van der Waals surface area contributed by atoms with Crippen LogP contribution in [-0.2, 0) is 4.74 Å². The summed E-state index contributed by atoms with van der Waals surface area (Å²) in [4.78, 5) is 4.38. The molecule has 1 aliphatic rings. The standard InChI is InChI=1S/C14H18N2O3/c1-8-3-10-11(4-9(8)2)16(7-15-10)14-5-12(18)13(6-17)19-14/h3-4,7,12-14,17-18H,5-6H2,1-2H3/t12-,13+,14-/m1/s1. The first-order valence-corrected chi connectivity index (χ1v) is 6.48. The third kappa shape index (κ3) is 2.04. The molecular weight excluding hydrogens is 244 g/mol. The number of aliphatic hydroxyl groups excluding tert-OH is 2. The Morgan fingerprint density at radius 3 is 2.79 bits per heavy atom. The van der Waals surface area contributed by atoms with E-state index in [2.05, 4.69) is 31.0 Å². The molecule has 0 aliphatic carbocycles. The SMILES string of the molecule is Cc1cc2ncn([C@H]3C[C@@H](O)[C@H](CO)O3)c2cc1C. The van der Waals surface area contributed by atoms with Crippen LogP contribution < -0.4 is 0 Å². The van der Waals surface area contributed by atoms with Crippen LogP contribution in [-0.4, -0.2) is 38.6 Å². The smallest absolute Gasteiger partial charge is 0.138 e. The van der Waals surface area contributed by atoms with E-state index in [1.54, 1.807) is 6.33 Å². The zero-order valence-electron chi connectivity index (χ0n) is 11.1. The summed E-state index contributed by atoms with van der Waals surface area (Å²) in [6.07, 6.45) is 0.817. The zero-order chi connectivity index (χ0) is 13.6. The second kappa shape index (κ2) is 4.59. The number of rotatable bonds is 2. The van der Waals surface area contributed by atoms with Gasteiger partial charge in [-0.2, -0.15) is 0 Å². The highest BCUT2D eigenvalue weighted by Crippen LogP contribution is 2.31. The van der Waals surface area contributed by atoms with Crippen LogP contribution in [0, 0.1) is 13.8 Å². The number of fused-ring (bicyclic) bond motifs is 1. The molecule has 2 aromatic rings. The van der Waals surface area contributed by atoms with Crippen molar-refractivity contribution < 1.29 is 14.9 Å². The third-order valence-corrected chi connectivity index (χ3v) is 3.88. The molecule has 0 spiro atoms. The third-order valence-electron chi connectivity index (χ3n) is 3.88. The number of nitrogens with zero attached hydrogens (tertiary/aromatic N) is 2. The zero-order valence-corrected chi connectivity index (χ0v) is 11.1. The second-order valence-electron chi connectivity index (χ2n) is 5.19. The molecule has 1 aromatic carbocycles. The maximum absolute atomic E-state index is 9.81. The number of hydrogen-bond acceptors (Lipinski definition) is 4. The van der Waals surface area contributed by atoms with Crippen molar-refractivity contribution in [2.75, 3.05) is 6.61 Å². The molecule has 1 fully saturated rings. The summed E-state index contributed by atoms with van der Waals surface area (Å²) in [6, 6.07) is 4.13. The highest BCUT2D eigenvalue weighted by Gasteiger charge is 2.34. The number of aliphatic hydroxyl groups is 2. The molecule has 0 unspecified atom stereocenters. The Labute approximate surface area is 111 Å². The lowest BCUT2D eigenvalue weighted by atomic mass is 10.1. The first-order valence-electron chi connectivity index (χ1n) is 6.48. The number of ether oxygens (including phenoxy) is 1. The molecule has 2 heterocycles. The minimum Gasteiger partial charge on any atom is -0.394 e. The number of hydrogen-bond donors (Lipinski definition) is 2. The Balaban J connectivity index is 2.00. The Morgan fingerprint density at radius 2 is 2.11 bits per heavy atom. The number of benzene rings is 1. The van der Waals surface area contributed by atoms with E-state index in [4.69, 9.17) is 9.84 Å². The number of imidazole rings is 1. The van der Waals surface area contributed by atoms with Gasteiger partial charge < -0.3 is 19.5 Å². The molecule has 1 aromatic heterocycles. The van der Waals surface area contributed by atoms with Crippen molar-refractivity contribution in [1.29, 1.82) is 0 Å². The second-order valence-corrected chi connectivity index (χ2v) is 5.19. The van der Waals surface area contributed by atoms with Gasteiger partial charge in [0.1, 0.15) is 12.3 Å². The molecule has 3 atom stereocenters. The summed E-state index contributed by atoms with van der Waals surface area (Å²) in [5, 5.41) is 18.9. The Hall–Kier alpha value is -1.43. The first-order chi connectivity index (χ1) is 9.10. The van der Waals surface area contributed by atoms with Crippen molar-refractivity contribution in [2.24, 2.45) is 0 Å². The van der Waals surface area contributed by atoms with Crippen LogP contribution in [0.5, 0.6) is 0 Å². The fourth-order valence-corrected chi connectivity index (χ4v) is 2.56. The van der Waals surface area contributed by atoms with E-state index in [1.807, 2.05) is 4.57 Å². The van der Waals surface area contributed by atoms with Gasteiger partial charge in [0.25, 0.3) is 0 Å². The van der Waals surface area contributed by atoms with Gasteiger partial charge in [0.05, 0.1) is 30.1 Å². The van der Waals surface area contributed by atoms with E-state index in [9.17, 15) is 5.11 Å². The first kappa shape index (κ1) is 12.6. The van der Waals surface area contributed by atoms with E-state index in [0.717, 1.165) is 11.0 Å². The van der Waals surface area contributed by atoms with E-state index >= 15 is 0 Å². The summed E-state index contributed by atoms with van der Waals surface area (Å²) in [5.41, 5.74) is 4.33. The normalized spacial score (nSPS) is 27.3. The fraction of sp³-hybridized carbons (Fsp3) is 0.500. The van der Waals surface area contributed by atoms with Crippen molar-refractivity contribution in [3.8, 4) is 0 Å². The lowest BCUT2D eigenvalue weighted by Gasteiger charge is -2.14. The van der Waals surface area contributed by atoms with Gasteiger partial charge in [-0.15, -0.1) is 0 Å². The number of aromatic nitrogens is 2. The quantitative estimate of drug-likeness (QED) is 0.856. The fourth-order valence-electron chi connectivity index (χ4n) is 2.56. The lowest BCUT2D eigenvalue weighted by molar-refractivity contribution is -0.0430. The summed E-state index contributed by atoms with van der Waals surface area (Å²) < 4.78 is 7.60. The van der Waals surface area contributed by atoms with E-state index in [1.165, 1.54) is 11.1 Å². The van der Waals surface area contributed by atoms with Crippen LogP contribution in [0.3, 0.4) is 0 Å². The Bertz CT molecular complexity index is 608. The topological polar surface area (TPSA) is 67.5 Å². The lowest BCUT2D eigenvalue weighted by Crippen LogP contribution is -2.24. The summed E-state index contributed by atoms with van der Waals surface area (Å²) in [6.45, 7) is 3.96. The molecule has 1 saturated heterocycles. The summed E-state index contributed by atoms with van der Waals surface area (Å²) >= 11 is 0. The van der Waals surface area contributed by atoms with Crippen LogP contribution in [0.1, 0.15) is 23.8 Å². The molecule has 0 radical (unpaired) electrons. The minimum absolute atomic E-state index is 0.164. The molecule has 1 aliphatic heterocycles. The van der Waals surface area contributed by atoms with Gasteiger partial charge in [-0.3, -0.25) is 0 Å². The highest BCUT2D eigenvalue weighted by atomic mass is 16.5. The van der Waals surface area contributed by atoms with Crippen LogP contribution >= 0.6 is 0 Å². The molecule has 2 N–H and O–H groups in total. The van der Waals surface area contributed by atoms with Crippen molar-refractivity contribution in [2.45, 2.75) is 38.7 Å². The average molecular weight is 262 g/mol. The maximum atomic E-state index is 9.81. The Morgan fingerprint density at radius 1 is 1.37 bits per heavy atom. The van der Waals surface area contributed by atoms with Crippen LogP contribution in [0.25, 0.3) is 11.0 Å². The van der Waals surface area contributed by atoms with Gasteiger partial charge in [-0.1, -0.05) is 0 Å². The maximum Gasteiger partial charge on any atom is 0.138 e. The minimum atomic E-state index is -0.626. The molecule has 5 heteroatoms. The van der Waals surface area contributed by atoms with Crippen molar-refractivity contribution in [3.05, 3.63) is 29.6 Å². The molecule has 3 rings (SSSR count). The molecule has 19 heavy (non-hydrogen) atoms. The van der Waals surface area contributed by atoms with Crippen LogP contribution in [0.4, 0.5) is 0 Å². The molecule has 5 nitrogen and oxygen atoms in total. The van der Waals surface area contributed by atoms with Crippen molar-refractivity contribution in [1.82, 2.24) is 9.55 Å². The average Bonchev–Trinajstić information content (AvgIpc) is 2.93. The van der Waals surface area contributed by atoms with Crippen LogP contribution in [0.15, 0.2) is 18.5 Å². The van der Waals surface area contributed by atoms with E-state index in [-0.39, 0.29) is 12.8 Å². The molecular formula is C14H18N2O3. The van der Waals surface area contributed by atoms with Gasteiger partial charge in [0, 0.05) is 6.42 Å². The van der Waals surface area contributed by atoms with Gasteiger partial charge in [0.15, 0.2) is 0 Å². The van der Waals surface area contributed by atoms with Crippen molar-refractivity contribution in [3.63, 3.8) is 0 Å². The predicted octanol–water partition coefficient (Wildman–Crippen LogP) is 1.29. The monoisotopic (exact) mass is 262 g/mol. The van der Waals surface area contributed by atoms with E-state index in [0.29, 0.717) is 6.42 Å². The summed E-state index contributed by atoms with van der Waals surface area (Å²) in [7, 11) is 0. The largest absolute Gasteiger partial charge is 0.394 e. The van der Waals surface area contributed by atoms with E-state index < -0.39 is 12.2 Å². The molecule has 0 saturated carbocycles. The van der Waals surface area contributed by atoms with Crippen molar-refractivity contribution >= 4 is 11.0 Å². The number of aryl methyl sites for hydroxylation is 2. The highest BCUT2D eigenvalue weighted by molar-refractivity contribution is 5.77. The van der Waals surface area contributed by atoms with Gasteiger partial charge in [0.2, 0.25) is 0 Å². The molecule has 0 amide bonds. The molecule has 0 bridgehead atoms. The van der Waals surface area contributed by atoms with Gasteiger partial charge in [-0.25, -0.2) is 4.98 Å². The summed E-state index contributed by atoms with van der Waals surface area (Å²) in [5.74, 6) is 0. The van der Waals surface area contributed by atoms with Crippen LogP contribution in [0.2, 0.25) is 0 Å². The predicted molar refractivity (Wildman–Crippen MR) is 70.8 cm³/mol.